The summed E-state index contributed by atoms with van der Waals surface area (Å²) in [6.07, 6.45) is -4.21. The minimum atomic E-state index is -4.67. The van der Waals surface area contributed by atoms with Gasteiger partial charge < -0.3 is 35.3 Å². The molecule has 1 atom stereocenters. The van der Waals surface area contributed by atoms with Gasteiger partial charge in [-0.3, -0.25) is 9.78 Å². The second kappa shape index (κ2) is 15.0. The van der Waals surface area contributed by atoms with Crippen LogP contribution in [-0.4, -0.2) is 60.5 Å². The van der Waals surface area contributed by atoms with Gasteiger partial charge in [0.15, 0.2) is 6.10 Å². The molecule has 3 amide bonds. The van der Waals surface area contributed by atoms with Gasteiger partial charge in [0.2, 0.25) is 0 Å². The van der Waals surface area contributed by atoms with Crippen molar-refractivity contribution in [3.05, 3.63) is 77.1 Å². The van der Waals surface area contributed by atoms with E-state index >= 15 is 0 Å². The number of nitrogens with zero attached hydrogens (tertiary/aromatic N) is 1. The lowest BCUT2D eigenvalue weighted by atomic mass is 10.2. The number of hydrogen-bond acceptors (Lipinski definition) is 7. The maximum atomic E-state index is 13.0. The van der Waals surface area contributed by atoms with Gasteiger partial charge in [0.1, 0.15) is 17.2 Å². The Morgan fingerprint density at radius 3 is 2.33 bits per heavy atom. The lowest BCUT2D eigenvalue weighted by Crippen LogP contribution is -2.28. The zero-order valence-electron chi connectivity index (χ0n) is 22.0. The Balaban J connectivity index is 1.45. The van der Waals surface area contributed by atoms with Crippen molar-refractivity contribution in [1.29, 1.82) is 0 Å². The fourth-order valence-electron chi connectivity index (χ4n) is 3.24. The van der Waals surface area contributed by atoms with Gasteiger partial charge in [-0.25, -0.2) is 9.59 Å². The summed E-state index contributed by atoms with van der Waals surface area (Å²) in [6.45, 7) is 2.04. The SMILES string of the molecule is CC(OCCOCCNC(=O)c1cc(Oc2ccc(NC(=O)Nc3ccc(Cl)c(C(F)(F)F)c3)cc2)ccn1)C(=O)O. The molecule has 0 radical (unpaired) electrons. The van der Waals surface area contributed by atoms with Crippen LogP contribution in [0.3, 0.4) is 0 Å². The van der Waals surface area contributed by atoms with E-state index in [1.807, 2.05) is 0 Å². The first kappa shape index (κ1) is 32.1. The molecule has 0 aliphatic heterocycles. The molecule has 0 saturated heterocycles. The number of nitrogens with one attached hydrogen (secondary N) is 3. The molecular weight excluding hydrogens is 585 g/mol. The molecule has 1 unspecified atom stereocenters. The zero-order chi connectivity index (χ0) is 30.7. The van der Waals surface area contributed by atoms with Crippen LogP contribution in [0.4, 0.5) is 29.3 Å². The highest BCUT2D eigenvalue weighted by atomic mass is 35.5. The number of aliphatic carboxylic acids is 1. The molecule has 4 N–H and O–H groups in total. The summed E-state index contributed by atoms with van der Waals surface area (Å²) in [7, 11) is 0. The van der Waals surface area contributed by atoms with Crippen LogP contribution in [0.2, 0.25) is 5.02 Å². The highest BCUT2D eigenvalue weighted by molar-refractivity contribution is 6.31. The Labute approximate surface area is 242 Å². The first-order valence-electron chi connectivity index (χ1n) is 12.3. The summed E-state index contributed by atoms with van der Waals surface area (Å²) >= 11 is 5.59. The van der Waals surface area contributed by atoms with E-state index in [9.17, 15) is 27.6 Å². The van der Waals surface area contributed by atoms with Gasteiger partial charge in [-0.15, -0.1) is 0 Å². The lowest BCUT2D eigenvalue weighted by Gasteiger charge is -2.12. The normalized spacial score (nSPS) is 11.8. The number of hydrogen-bond donors (Lipinski definition) is 4. The van der Waals surface area contributed by atoms with Crippen LogP contribution in [0, 0.1) is 0 Å². The molecule has 0 fully saturated rings. The van der Waals surface area contributed by atoms with E-state index in [0.29, 0.717) is 17.2 Å². The third-order valence-corrected chi connectivity index (χ3v) is 5.65. The summed E-state index contributed by atoms with van der Waals surface area (Å²) in [4.78, 5) is 39.3. The van der Waals surface area contributed by atoms with Crippen molar-refractivity contribution in [1.82, 2.24) is 10.3 Å². The van der Waals surface area contributed by atoms with Crippen molar-refractivity contribution < 1.29 is 46.9 Å². The molecule has 11 nitrogen and oxygen atoms in total. The number of halogens is 4. The maximum absolute atomic E-state index is 13.0. The smallest absolute Gasteiger partial charge is 0.417 e. The summed E-state index contributed by atoms with van der Waals surface area (Å²) < 4.78 is 55.2. The number of benzene rings is 2. The molecule has 0 aliphatic rings. The highest BCUT2D eigenvalue weighted by Gasteiger charge is 2.33. The molecule has 3 rings (SSSR count). The minimum absolute atomic E-state index is 0.0912. The van der Waals surface area contributed by atoms with Gasteiger partial charge in [0, 0.05) is 30.2 Å². The number of rotatable bonds is 13. The zero-order valence-corrected chi connectivity index (χ0v) is 22.8. The number of carboxylic acid groups (broad SMARTS) is 1. The molecule has 0 bridgehead atoms. The predicted octanol–water partition coefficient (Wildman–Crippen LogP) is 5.43. The van der Waals surface area contributed by atoms with E-state index in [1.165, 1.54) is 49.5 Å². The Hall–Kier alpha value is -4.40. The second-order valence-electron chi connectivity index (χ2n) is 8.49. The Morgan fingerprint density at radius 2 is 1.64 bits per heavy atom. The molecule has 42 heavy (non-hydrogen) atoms. The number of amides is 3. The van der Waals surface area contributed by atoms with Crippen molar-refractivity contribution in [3.63, 3.8) is 0 Å². The third-order valence-electron chi connectivity index (χ3n) is 5.32. The Kier molecular flexibility index (Phi) is 11.5. The van der Waals surface area contributed by atoms with Crippen molar-refractivity contribution in [2.45, 2.75) is 19.2 Å². The number of anilines is 2. The molecule has 0 saturated carbocycles. The van der Waals surface area contributed by atoms with Gasteiger partial charge in [-0.05, 0) is 55.5 Å². The van der Waals surface area contributed by atoms with E-state index < -0.39 is 40.8 Å². The standard InChI is InChI=1S/C27H26ClF3N4O7/c1-16(25(37)38)41-13-12-40-11-10-33-24(36)23-15-20(8-9-32-23)42-19-5-2-17(3-6-19)34-26(39)35-18-4-7-22(28)21(14-18)27(29,30)31/h2-9,14-16H,10-13H2,1H3,(H,33,36)(H,37,38)(H2,34,35,39). The van der Waals surface area contributed by atoms with Crippen LogP contribution >= 0.6 is 11.6 Å². The number of carbonyl (C=O) groups is 3. The van der Waals surface area contributed by atoms with Gasteiger partial charge in [0.05, 0.1) is 30.4 Å². The summed E-state index contributed by atoms with van der Waals surface area (Å²) in [5, 5.41) is 15.7. The highest BCUT2D eigenvalue weighted by Crippen LogP contribution is 2.36. The van der Waals surface area contributed by atoms with E-state index in [0.717, 1.165) is 12.1 Å². The monoisotopic (exact) mass is 610 g/mol. The van der Waals surface area contributed by atoms with Crippen molar-refractivity contribution in [3.8, 4) is 11.5 Å². The van der Waals surface area contributed by atoms with Gasteiger partial charge in [0.25, 0.3) is 5.91 Å². The fourth-order valence-corrected chi connectivity index (χ4v) is 3.46. The van der Waals surface area contributed by atoms with Crippen LogP contribution in [-0.2, 0) is 20.4 Å². The number of alkyl halides is 3. The van der Waals surface area contributed by atoms with Crippen LogP contribution in [0.25, 0.3) is 0 Å². The molecule has 15 heteroatoms. The number of urea groups is 1. The molecule has 0 spiro atoms. The molecule has 2 aromatic carbocycles. The van der Waals surface area contributed by atoms with Gasteiger partial charge in [-0.2, -0.15) is 13.2 Å². The maximum Gasteiger partial charge on any atom is 0.417 e. The van der Waals surface area contributed by atoms with Crippen molar-refractivity contribution in [2.75, 3.05) is 37.0 Å². The molecule has 1 aromatic heterocycles. The average Bonchev–Trinajstić information content (AvgIpc) is 2.93. The predicted molar refractivity (Wildman–Crippen MR) is 146 cm³/mol. The first-order valence-corrected chi connectivity index (χ1v) is 12.7. The van der Waals surface area contributed by atoms with E-state index in [1.54, 1.807) is 6.07 Å². The van der Waals surface area contributed by atoms with Crippen molar-refractivity contribution in [2.24, 2.45) is 0 Å². The summed E-state index contributed by atoms with van der Waals surface area (Å²) in [5.41, 5.74) is -0.727. The molecule has 0 aliphatic carbocycles. The van der Waals surface area contributed by atoms with Gasteiger partial charge >= 0.3 is 18.2 Å². The first-order chi connectivity index (χ1) is 19.9. The number of pyridine rings is 1. The number of ether oxygens (including phenoxy) is 3. The van der Waals surface area contributed by atoms with E-state index in [-0.39, 0.29) is 37.7 Å². The molecule has 3 aromatic rings. The number of carbonyl (C=O) groups excluding carboxylic acids is 2. The molecular formula is C27H26ClF3N4O7. The third kappa shape index (κ3) is 10.2. The van der Waals surface area contributed by atoms with Crippen LogP contribution in [0.1, 0.15) is 23.0 Å². The van der Waals surface area contributed by atoms with E-state index in [2.05, 4.69) is 20.9 Å². The minimum Gasteiger partial charge on any atom is -0.479 e. The summed E-state index contributed by atoms with van der Waals surface area (Å²) in [5.74, 6) is -0.841. The van der Waals surface area contributed by atoms with E-state index in [4.69, 9.17) is 30.9 Å². The van der Waals surface area contributed by atoms with Crippen LogP contribution in [0.5, 0.6) is 11.5 Å². The number of aromatic nitrogens is 1. The average molecular weight is 611 g/mol. The van der Waals surface area contributed by atoms with Crippen molar-refractivity contribution >= 4 is 40.9 Å². The summed E-state index contributed by atoms with van der Waals surface area (Å²) in [6, 6.07) is 11.3. The topological polar surface area (TPSA) is 148 Å². The van der Waals surface area contributed by atoms with Crippen LogP contribution < -0.4 is 20.7 Å². The fraction of sp³-hybridized carbons (Fsp3) is 0.259. The second-order valence-corrected chi connectivity index (χ2v) is 8.90. The number of carboxylic acids is 1. The van der Waals surface area contributed by atoms with Crippen LogP contribution in [0.15, 0.2) is 60.8 Å². The molecule has 224 valence electrons. The largest absolute Gasteiger partial charge is 0.479 e. The lowest BCUT2D eigenvalue weighted by molar-refractivity contribution is -0.150. The van der Waals surface area contributed by atoms with Gasteiger partial charge in [-0.1, -0.05) is 11.6 Å². The molecule has 1 heterocycles. The quantitative estimate of drug-likeness (QED) is 0.187. The Morgan fingerprint density at radius 1 is 0.952 bits per heavy atom. The Bertz CT molecular complexity index is 1390.